The number of fused-ring (bicyclic) bond motifs is 5. The number of likely N-dealkylation sites (N-methyl/N-ethyl adjacent to an activating group) is 1. The summed E-state index contributed by atoms with van der Waals surface area (Å²) in [5.41, 5.74) is -0.686. The van der Waals surface area contributed by atoms with Gasteiger partial charge >= 0.3 is 5.69 Å². The lowest BCUT2D eigenvalue weighted by molar-refractivity contribution is 0.168. The molecule has 0 unspecified atom stereocenters. The van der Waals surface area contributed by atoms with Gasteiger partial charge in [0, 0.05) is 32.7 Å². The van der Waals surface area contributed by atoms with E-state index in [9.17, 15) is 18.0 Å². The minimum Gasteiger partial charge on any atom is -0.307 e. The normalized spacial score (nSPS) is 24.8. The predicted octanol–water partition coefficient (Wildman–Crippen LogP) is -0.0585. The molecule has 0 radical (unpaired) electrons. The molecule has 8 nitrogen and oxygen atoms in total. The Kier molecular flexibility index (Phi) is 4.05. The highest BCUT2D eigenvalue weighted by atomic mass is 32.2. The lowest BCUT2D eigenvalue weighted by atomic mass is 9.96. The maximum Gasteiger partial charge on any atom is 0.328 e. The quantitative estimate of drug-likeness (QED) is 0.790. The van der Waals surface area contributed by atoms with E-state index in [0.717, 1.165) is 24.0 Å². The second kappa shape index (κ2) is 6.04. The minimum absolute atomic E-state index is 0.0955. The Hall–Kier alpha value is -1.97. The van der Waals surface area contributed by atoms with Gasteiger partial charge in [-0.2, -0.15) is 4.31 Å². The number of H-pyrrole nitrogens is 1. The van der Waals surface area contributed by atoms with Crippen LogP contribution in [0.5, 0.6) is 0 Å². The third-order valence-electron chi connectivity index (χ3n) is 5.66. The van der Waals surface area contributed by atoms with E-state index in [1.807, 2.05) is 7.05 Å². The van der Waals surface area contributed by atoms with Crippen molar-refractivity contribution in [2.75, 3.05) is 26.7 Å². The van der Waals surface area contributed by atoms with Crippen molar-refractivity contribution in [3.05, 3.63) is 39.0 Å². The van der Waals surface area contributed by atoms with Crippen molar-refractivity contribution in [2.24, 2.45) is 13.0 Å². The van der Waals surface area contributed by atoms with Crippen LogP contribution in [0.2, 0.25) is 0 Å². The molecule has 5 rings (SSSR count). The third-order valence-corrected chi connectivity index (χ3v) is 7.49. The van der Waals surface area contributed by atoms with Gasteiger partial charge in [-0.05, 0) is 44.0 Å². The van der Waals surface area contributed by atoms with Gasteiger partial charge in [0.1, 0.15) is 0 Å². The number of aromatic amines is 1. The molecule has 3 aliphatic heterocycles. The largest absolute Gasteiger partial charge is 0.328 e. The van der Waals surface area contributed by atoms with Crippen molar-refractivity contribution in [1.29, 1.82) is 0 Å². The van der Waals surface area contributed by atoms with E-state index in [1.165, 1.54) is 25.2 Å². The van der Waals surface area contributed by atoms with E-state index in [1.54, 1.807) is 4.31 Å². The lowest BCUT2D eigenvalue weighted by Gasteiger charge is -2.32. The van der Waals surface area contributed by atoms with E-state index < -0.39 is 21.3 Å². The first-order valence-corrected chi connectivity index (χ1v) is 10.1. The number of piperidine rings is 1. The Labute approximate surface area is 151 Å². The molecule has 0 spiro atoms. The Morgan fingerprint density at radius 3 is 2.58 bits per heavy atom. The van der Waals surface area contributed by atoms with Crippen molar-refractivity contribution in [3.8, 4) is 0 Å². The van der Waals surface area contributed by atoms with Crippen molar-refractivity contribution in [3.63, 3.8) is 0 Å². The van der Waals surface area contributed by atoms with E-state index in [0.29, 0.717) is 24.5 Å². The molecule has 0 aliphatic carbocycles. The number of nitrogens with one attached hydrogen (secondary N) is 1. The topological polar surface area (TPSA) is 95.5 Å². The fourth-order valence-electron chi connectivity index (χ4n) is 4.06. The van der Waals surface area contributed by atoms with E-state index in [4.69, 9.17) is 0 Å². The zero-order valence-electron chi connectivity index (χ0n) is 14.8. The first kappa shape index (κ1) is 17.4. The van der Waals surface area contributed by atoms with E-state index in [-0.39, 0.29) is 16.3 Å². The summed E-state index contributed by atoms with van der Waals surface area (Å²) in [5.74, 6) is 0.332. The molecule has 1 N–H and O–H groups in total. The summed E-state index contributed by atoms with van der Waals surface area (Å²) in [4.78, 5) is 29.0. The molecular weight excluding hydrogens is 356 g/mol. The zero-order valence-corrected chi connectivity index (χ0v) is 15.6. The second-order valence-corrected chi connectivity index (χ2v) is 9.30. The molecule has 0 amide bonds. The smallest absolute Gasteiger partial charge is 0.307 e. The Morgan fingerprint density at radius 1 is 1.08 bits per heavy atom. The fourth-order valence-corrected chi connectivity index (χ4v) is 5.64. The van der Waals surface area contributed by atoms with Gasteiger partial charge < -0.3 is 9.88 Å². The molecule has 26 heavy (non-hydrogen) atoms. The second-order valence-electron chi connectivity index (χ2n) is 7.36. The summed E-state index contributed by atoms with van der Waals surface area (Å²) in [6, 6.07) is 4.56. The zero-order chi connectivity index (χ0) is 18.6. The molecule has 1 aromatic heterocycles. The summed E-state index contributed by atoms with van der Waals surface area (Å²) < 4.78 is 28.9. The molecule has 2 aromatic rings. The summed E-state index contributed by atoms with van der Waals surface area (Å²) in [6.45, 7) is 1.89. The van der Waals surface area contributed by atoms with Crippen molar-refractivity contribution in [2.45, 2.75) is 23.8 Å². The fraction of sp³-hybridized carbons (Fsp3) is 0.529. The molecule has 4 heterocycles. The highest BCUT2D eigenvalue weighted by Crippen LogP contribution is 2.30. The Bertz CT molecular complexity index is 1090. The van der Waals surface area contributed by atoms with Gasteiger partial charge in [-0.15, -0.1) is 0 Å². The summed E-state index contributed by atoms with van der Waals surface area (Å²) >= 11 is 0. The predicted molar refractivity (Wildman–Crippen MR) is 97.7 cm³/mol. The third kappa shape index (κ3) is 2.70. The van der Waals surface area contributed by atoms with Crippen molar-refractivity contribution < 1.29 is 8.42 Å². The SMILES string of the molecule is CN1C[C@H]2CC[C@@H]1CN(S(=O)(=O)c1ccc3[nH]c(=O)n(C)c(=O)c3c1)C2. The standard InChI is InChI=1S/C17H22N4O4S/c1-19-8-11-3-4-12(19)10-21(9-11)26(24,25)13-5-6-15-14(7-13)16(22)20(2)17(23)18-15/h5-7,11-12H,3-4,8-10H2,1-2H3,(H,18,23)/t11-,12-/m1/s1. The first-order valence-electron chi connectivity index (χ1n) is 8.71. The number of hydrogen-bond acceptors (Lipinski definition) is 5. The van der Waals surface area contributed by atoms with Gasteiger partial charge in [0.25, 0.3) is 5.56 Å². The molecule has 2 atom stereocenters. The monoisotopic (exact) mass is 378 g/mol. The average Bonchev–Trinajstić information content (AvgIpc) is 2.91. The molecule has 3 aliphatic rings. The van der Waals surface area contributed by atoms with Crippen molar-refractivity contribution in [1.82, 2.24) is 18.8 Å². The molecule has 9 heteroatoms. The van der Waals surface area contributed by atoms with Crippen LogP contribution in [0.25, 0.3) is 10.9 Å². The molecule has 3 saturated heterocycles. The van der Waals surface area contributed by atoms with E-state index >= 15 is 0 Å². The molecule has 2 bridgehead atoms. The highest BCUT2D eigenvalue weighted by Gasteiger charge is 2.38. The van der Waals surface area contributed by atoms with E-state index in [2.05, 4.69) is 9.88 Å². The molecule has 1 aromatic carbocycles. The number of sulfonamides is 1. The Balaban J connectivity index is 1.79. The van der Waals surface area contributed by atoms with Crippen LogP contribution in [0.15, 0.2) is 32.7 Å². The number of hydrogen-bond donors (Lipinski definition) is 1. The molecule has 3 fully saturated rings. The maximum atomic E-state index is 13.2. The van der Waals surface area contributed by atoms with Gasteiger partial charge in [0.2, 0.25) is 10.0 Å². The van der Waals surface area contributed by atoms with Crippen LogP contribution in [-0.4, -0.2) is 59.9 Å². The van der Waals surface area contributed by atoms with Gasteiger partial charge in [0.05, 0.1) is 15.8 Å². The minimum atomic E-state index is -3.70. The lowest BCUT2D eigenvalue weighted by Crippen LogP contribution is -2.41. The first-order chi connectivity index (χ1) is 12.3. The van der Waals surface area contributed by atoms with Gasteiger partial charge in [-0.25, -0.2) is 13.2 Å². The van der Waals surface area contributed by atoms with Crippen LogP contribution in [0.4, 0.5) is 0 Å². The average molecular weight is 378 g/mol. The highest BCUT2D eigenvalue weighted by molar-refractivity contribution is 7.89. The van der Waals surface area contributed by atoms with Gasteiger partial charge in [-0.1, -0.05) is 0 Å². The maximum absolute atomic E-state index is 13.2. The summed E-state index contributed by atoms with van der Waals surface area (Å²) in [6.07, 6.45) is 2.05. The Morgan fingerprint density at radius 2 is 1.85 bits per heavy atom. The van der Waals surface area contributed by atoms with Gasteiger partial charge in [0.15, 0.2) is 0 Å². The van der Waals surface area contributed by atoms with Crippen LogP contribution in [0, 0.1) is 5.92 Å². The van der Waals surface area contributed by atoms with Crippen LogP contribution in [-0.2, 0) is 17.1 Å². The number of nitrogens with zero attached hydrogens (tertiary/aromatic N) is 3. The number of benzene rings is 1. The molecular formula is C17H22N4O4S. The summed E-state index contributed by atoms with van der Waals surface area (Å²) in [7, 11) is -0.289. The van der Waals surface area contributed by atoms with Crippen LogP contribution >= 0.6 is 0 Å². The van der Waals surface area contributed by atoms with Crippen LogP contribution in [0.3, 0.4) is 0 Å². The number of aromatic nitrogens is 2. The van der Waals surface area contributed by atoms with Crippen LogP contribution in [0.1, 0.15) is 12.8 Å². The molecule has 0 saturated carbocycles. The van der Waals surface area contributed by atoms with Crippen molar-refractivity contribution >= 4 is 20.9 Å². The van der Waals surface area contributed by atoms with Crippen LogP contribution < -0.4 is 11.2 Å². The van der Waals surface area contributed by atoms with Gasteiger partial charge in [-0.3, -0.25) is 9.36 Å². The molecule has 140 valence electrons. The summed E-state index contributed by atoms with van der Waals surface area (Å²) in [5, 5.41) is 0.197. The number of rotatable bonds is 2.